The summed E-state index contributed by atoms with van der Waals surface area (Å²) in [5, 5.41) is 10.5. The topological polar surface area (TPSA) is 119 Å². The summed E-state index contributed by atoms with van der Waals surface area (Å²) in [7, 11) is -5.29. The number of benzene rings is 3. The van der Waals surface area contributed by atoms with E-state index in [1.54, 1.807) is 38.1 Å². The predicted octanol–water partition coefficient (Wildman–Crippen LogP) is -1.07. The van der Waals surface area contributed by atoms with E-state index in [1.165, 1.54) is 6.07 Å². The molecular formula is C28H29Na2O7P. The Balaban J connectivity index is 0.00000253. The molecule has 10 heteroatoms. The predicted molar refractivity (Wildman–Crippen MR) is 132 cm³/mol. The summed E-state index contributed by atoms with van der Waals surface area (Å²) in [5.41, 5.74) is 3.54. The number of aromatic hydroxyl groups is 1. The minimum atomic E-state index is -5.29. The van der Waals surface area contributed by atoms with Crippen LogP contribution in [0, 0.1) is 13.8 Å². The Labute approximate surface area is 267 Å². The molecule has 1 heterocycles. The third-order valence-corrected chi connectivity index (χ3v) is 7.12. The Bertz CT molecular complexity index is 1410. The number of esters is 1. The van der Waals surface area contributed by atoms with E-state index in [0.717, 1.165) is 5.56 Å². The van der Waals surface area contributed by atoms with Crippen LogP contribution in [-0.2, 0) is 14.9 Å². The van der Waals surface area contributed by atoms with Crippen LogP contribution in [0.5, 0.6) is 11.5 Å². The van der Waals surface area contributed by atoms with E-state index >= 15 is 0 Å². The fourth-order valence-electron chi connectivity index (χ4n) is 4.96. The largest absolute Gasteiger partial charge is 1.00 e. The van der Waals surface area contributed by atoms with Crippen LogP contribution in [0.3, 0.4) is 0 Å². The molecule has 0 aromatic heterocycles. The molecule has 3 aromatic rings. The third-order valence-electron chi connectivity index (χ3n) is 6.70. The van der Waals surface area contributed by atoms with Crippen molar-refractivity contribution in [3.63, 3.8) is 0 Å². The molecule has 0 radical (unpaired) electrons. The molecule has 0 fully saturated rings. The third kappa shape index (κ3) is 5.97. The van der Waals surface area contributed by atoms with E-state index in [-0.39, 0.29) is 82.4 Å². The van der Waals surface area contributed by atoms with Gasteiger partial charge in [-0.1, -0.05) is 45.9 Å². The first-order valence-electron chi connectivity index (χ1n) is 11.8. The Morgan fingerprint density at radius 1 is 0.868 bits per heavy atom. The van der Waals surface area contributed by atoms with Gasteiger partial charge in [-0.15, -0.1) is 0 Å². The van der Waals surface area contributed by atoms with Gasteiger partial charge in [0.15, 0.2) is 5.60 Å². The van der Waals surface area contributed by atoms with Crippen molar-refractivity contribution in [2.45, 2.75) is 59.0 Å². The van der Waals surface area contributed by atoms with Crippen LogP contribution in [0.4, 0.5) is 0 Å². The number of rotatable bonds is 6. The SMILES string of the molecule is Cc1cc(C2(c3cc(C)c(OP(=O)([O-])[O-])cc3C(C)C)OC(=O)c3ccccc32)c(C(C)C)cc1O.[Na+].[Na+]. The van der Waals surface area contributed by atoms with Gasteiger partial charge in [-0.25, -0.2) is 4.79 Å². The second-order valence-electron chi connectivity index (χ2n) is 9.90. The molecule has 1 atom stereocenters. The number of carbonyl (C=O) groups excluding carboxylic acids is 1. The number of hydrogen-bond donors (Lipinski definition) is 1. The van der Waals surface area contributed by atoms with Crippen molar-refractivity contribution in [3.8, 4) is 11.5 Å². The van der Waals surface area contributed by atoms with Crippen molar-refractivity contribution in [2.24, 2.45) is 0 Å². The minimum Gasteiger partial charge on any atom is -0.780 e. The van der Waals surface area contributed by atoms with E-state index in [4.69, 9.17) is 9.26 Å². The van der Waals surface area contributed by atoms with Gasteiger partial charge in [0.25, 0.3) is 0 Å². The Morgan fingerprint density at radius 3 is 1.95 bits per heavy atom. The second kappa shape index (κ2) is 12.2. The number of cyclic esters (lactones) is 1. The number of phosphoric acid groups is 1. The number of phenols is 1. The molecule has 1 aliphatic rings. The molecule has 0 bridgehead atoms. The van der Waals surface area contributed by atoms with Crippen LogP contribution in [0.2, 0.25) is 0 Å². The van der Waals surface area contributed by atoms with Gasteiger partial charge in [0.2, 0.25) is 0 Å². The van der Waals surface area contributed by atoms with Crippen LogP contribution < -0.4 is 73.4 Å². The van der Waals surface area contributed by atoms with E-state index in [0.29, 0.717) is 38.9 Å². The molecular weight excluding hydrogens is 525 g/mol. The maximum atomic E-state index is 13.3. The molecule has 1 aliphatic heterocycles. The zero-order valence-electron chi connectivity index (χ0n) is 23.1. The summed E-state index contributed by atoms with van der Waals surface area (Å²) in [6.45, 7) is 11.3. The van der Waals surface area contributed by atoms with Crippen LogP contribution in [0.1, 0.15) is 88.8 Å². The van der Waals surface area contributed by atoms with E-state index in [9.17, 15) is 24.3 Å². The van der Waals surface area contributed by atoms with Gasteiger partial charge in [-0.2, -0.15) is 0 Å². The maximum absolute atomic E-state index is 13.3. The van der Waals surface area contributed by atoms with E-state index in [1.807, 2.05) is 45.9 Å². The Kier molecular flexibility index (Phi) is 10.6. The van der Waals surface area contributed by atoms with Gasteiger partial charge < -0.3 is 28.7 Å². The number of phosphoric ester groups is 1. The molecule has 3 aromatic carbocycles. The van der Waals surface area contributed by atoms with Crippen molar-refractivity contribution >= 4 is 13.8 Å². The summed E-state index contributed by atoms with van der Waals surface area (Å²) in [6.07, 6.45) is 0. The van der Waals surface area contributed by atoms with Crippen LogP contribution >= 0.6 is 7.82 Å². The maximum Gasteiger partial charge on any atom is 1.00 e. The van der Waals surface area contributed by atoms with Gasteiger partial charge in [-0.3, -0.25) is 0 Å². The van der Waals surface area contributed by atoms with Crippen molar-refractivity contribution < 1.29 is 92.6 Å². The number of fused-ring (bicyclic) bond motifs is 1. The first-order valence-corrected chi connectivity index (χ1v) is 13.3. The standard InChI is InChI=1S/C28H31O7P.2Na/c1-15(2)20-13-25(29)17(5)11-23(20)28(22-10-8-7-9-19(22)27(30)34-28)24-12-18(6)26(35-36(31,32)33)14-21(24)16(3)4;;/h7-16,29H,1-6H3,(H2,31,32,33);;/q;2*+1/p-2. The smallest absolute Gasteiger partial charge is 0.780 e. The minimum absolute atomic E-state index is 0. The monoisotopic (exact) mass is 554 g/mol. The van der Waals surface area contributed by atoms with Crippen LogP contribution in [0.15, 0.2) is 48.5 Å². The summed E-state index contributed by atoms with van der Waals surface area (Å²) in [6, 6.07) is 14.0. The molecule has 1 N–H and O–H groups in total. The van der Waals surface area contributed by atoms with Crippen molar-refractivity contribution in [1.82, 2.24) is 0 Å². The number of ether oxygens (including phenoxy) is 1. The quantitative estimate of drug-likeness (QED) is 0.234. The van der Waals surface area contributed by atoms with Gasteiger partial charge in [0, 0.05) is 16.7 Å². The first-order chi connectivity index (χ1) is 16.8. The fraction of sp³-hybridized carbons (Fsp3) is 0.321. The number of carbonyl (C=O) groups is 1. The summed E-state index contributed by atoms with van der Waals surface area (Å²) < 4.78 is 22.5. The fourth-order valence-corrected chi connectivity index (χ4v) is 5.40. The number of aryl methyl sites for hydroxylation is 2. The van der Waals surface area contributed by atoms with Gasteiger partial charge in [0.1, 0.15) is 19.3 Å². The normalized spacial score (nSPS) is 16.5. The molecule has 1 unspecified atom stereocenters. The van der Waals surface area contributed by atoms with Crippen molar-refractivity contribution in [3.05, 3.63) is 93.0 Å². The van der Waals surface area contributed by atoms with Crippen LogP contribution in [0.25, 0.3) is 0 Å². The van der Waals surface area contributed by atoms with Crippen molar-refractivity contribution in [2.75, 3.05) is 0 Å². The second-order valence-corrected chi connectivity index (χ2v) is 11.0. The molecule has 0 amide bonds. The summed E-state index contributed by atoms with van der Waals surface area (Å²) in [5.74, 6) is -0.574. The molecule has 0 saturated carbocycles. The van der Waals surface area contributed by atoms with Gasteiger partial charge >= 0.3 is 65.1 Å². The molecule has 4 rings (SSSR count). The number of phenolic OH excluding ortho intramolecular Hbond substituents is 1. The summed E-state index contributed by atoms with van der Waals surface area (Å²) in [4.78, 5) is 36.1. The average molecular weight is 554 g/mol. The number of hydrogen-bond acceptors (Lipinski definition) is 7. The zero-order valence-corrected chi connectivity index (χ0v) is 28.0. The zero-order chi connectivity index (χ0) is 26.6. The molecule has 7 nitrogen and oxygen atoms in total. The Hall–Kier alpha value is -1.12. The van der Waals surface area contributed by atoms with Gasteiger partial charge in [-0.05, 0) is 78.3 Å². The first kappa shape index (κ1) is 33.1. The van der Waals surface area contributed by atoms with Crippen LogP contribution in [-0.4, -0.2) is 11.1 Å². The molecule has 0 saturated heterocycles. The summed E-state index contributed by atoms with van der Waals surface area (Å²) >= 11 is 0. The van der Waals surface area contributed by atoms with E-state index in [2.05, 4.69) is 0 Å². The Morgan fingerprint density at radius 2 is 1.39 bits per heavy atom. The average Bonchev–Trinajstić information content (AvgIpc) is 3.08. The van der Waals surface area contributed by atoms with E-state index < -0.39 is 19.4 Å². The molecule has 190 valence electrons. The molecule has 0 aliphatic carbocycles. The molecule has 0 spiro atoms. The molecule has 38 heavy (non-hydrogen) atoms. The van der Waals surface area contributed by atoms with Gasteiger partial charge in [0.05, 0.1) is 5.56 Å². The van der Waals surface area contributed by atoms with Crippen molar-refractivity contribution in [1.29, 1.82) is 0 Å².